The van der Waals surface area contributed by atoms with Crippen molar-refractivity contribution in [2.24, 2.45) is 5.73 Å². The van der Waals surface area contributed by atoms with E-state index in [9.17, 15) is 9.18 Å². The number of rotatable bonds is 2. The summed E-state index contributed by atoms with van der Waals surface area (Å²) in [6.45, 7) is 0.234. The third kappa shape index (κ3) is 3.99. The predicted octanol–water partition coefficient (Wildman–Crippen LogP) is 1.76. The van der Waals surface area contributed by atoms with Crippen LogP contribution in [0.3, 0.4) is 0 Å². The molecule has 3 nitrogen and oxygen atoms in total. The van der Waals surface area contributed by atoms with Crippen molar-refractivity contribution in [2.45, 2.75) is 18.9 Å². The van der Waals surface area contributed by atoms with Crippen LogP contribution >= 0.6 is 11.8 Å². The topological polar surface area (TPSA) is 55.1 Å². The number of carbonyl (C=O) groups is 1. The molecule has 1 unspecified atom stereocenters. The number of hydrogen-bond acceptors (Lipinski definition) is 3. The maximum atomic E-state index is 13.8. The molecule has 0 aliphatic carbocycles. The quantitative estimate of drug-likeness (QED) is 0.817. The Labute approximate surface area is 122 Å². The minimum Gasteiger partial charge on any atom is -0.348 e. The van der Waals surface area contributed by atoms with Gasteiger partial charge < -0.3 is 11.1 Å². The molecule has 1 amide bonds. The Bertz CT molecular complexity index is 545. The highest BCUT2D eigenvalue weighted by atomic mass is 32.2. The highest BCUT2D eigenvalue weighted by molar-refractivity contribution is 7.99. The lowest BCUT2D eigenvalue weighted by atomic mass is 10.1. The molecule has 0 spiro atoms. The number of nitrogens with one attached hydrogen (secondary N) is 1. The fourth-order valence-corrected chi connectivity index (χ4v) is 3.12. The number of amides is 1. The SMILES string of the molecule is NCC#Cc1ccc(F)c(C(=O)NC2CCCSC2)c1. The molecule has 1 aromatic carbocycles. The molecular weight excluding hydrogens is 275 g/mol. The van der Waals surface area contributed by atoms with E-state index in [1.165, 1.54) is 12.1 Å². The van der Waals surface area contributed by atoms with E-state index in [2.05, 4.69) is 17.2 Å². The number of hydrogen-bond donors (Lipinski definition) is 2. The Morgan fingerprint density at radius 2 is 2.40 bits per heavy atom. The van der Waals surface area contributed by atoms with Gasteiger partial charge in [0.05, 0.1) is 12.1 Å². The summed E-state index contributed by atoms with van der Waals surface area (Å²) in [4.78, 5) is 12.1. The molecule has 2 rings (SSSR count). The van der Waals surface area contributed by atoms with Crippen molar-refractivity contribution in [1.29, 1.82) is 0 Å². The summed E-state index contributed by atoms with van der Waals surface area (Å²) in [5, 5.41) is 2.89. The third-order valence-electron chi connectivity index (χ3n) is 3.04. The molecule has 5 heteroatoms. The largest absolute Gasteiger partial charge is 0.348 e. The van der Waals surface area contributed by atoms with Gasteiger partial charge >= 0.3 is 0 Å². The molecule has 20 heavy (non-hydrogen) atoms. The first kappa shape index (κ1) is 14.9. The average molecular weight is 292 g/mol. The van der Waals surface area contributed by atoms with Crippen molar-refractivity contribution in [1.82, 2.24) is 5.32 Å². The van der Waals surface area contributed by atoms with Gasteiger partial charge in [-0.2, -0.15) is 11.8 Å². The van der Waals surface area contributed by atoms with Crippen LogP contribution in [0, 0.1) is 17.7 Å². The highest BCUT2D eigenvalue weighted by Crippen LogP contribution is 2.18. The third-order valence-corrected chi connectivity index (χ3v) is 4.26. The molecule has 3 N–H and O–H groups in total. The summed E-state index contributed by atoms with van der Waals surface area (Å²) >= 11 is 1.81. The van der Waals surface area contributed by atoms with Gasteiger partial charge in [0.15, 0.2) is 0 Å². The minimum absolute atomic E-state index is 0.0457. The maximum absolute atomic E-state index is 13.8. The van der Waals surface area contributed by atoms with Crippen molar-refractivity contribution in [3.05, 3.63) is 35.1 Å². The van der Waals surface area contributed by atoms with Crippen LogP contribution in [-0.2, 0) is 0 Å². The number of halogens is 1. The van der Waals surface area contributed by atoms with Gasteiger partial charge in [-0.3, -0.25) is 4.79 Å². The smallest absolute Gasteiger partial charge is 0.254 e. The number of benzene rings is 1. The number of nitrogens with two attached hydrogens (primary N) is 1. The van der Waals surface area contributed by atoms with Crippen molar-refractivity contribution in [3.8, 4) is 11.8 Å². The van der Waals surface area contributed by atoms with E-state index >= 15 is 0 Å². The van der Waals surface area contributed by atoms with Gasteiger partial charge in [0.1, 0.15) is 5.82 Å². The highest BCUT2D eigenvalue weighted by Gasteiger charge is 2.19. The molecule has 0 saturated carbocycles. The molecule has 1 atom stereocenters. The second-order valence-electron chi connectivity index (χ2n) is 4.59. The number of thioether (sulfide) groups is 1. The fraction of sp³-hybridized carbons (Fsp3) is 0.400. The van der Waals surface area contributed by atoms with Crippen LogP contribution in [0.1, 0.15) is 28.8 Å². The minimum atomic E-state index is -0.524. The van der Waals surface area contributed by atoms with Crippen LogP contribution in [0.15, 0.2) is 18.2 Å². The predicted molar refractivity (Wildman–Crippen MR) is 80.1 cm³/mol. The van der Waals surface area contributed by atoms with Crippen molar-refractivity contribution in [3.63, 3.8) is 0 Å². The van der Waals surface area contributed by atoms with Gasteiger partial charge in [0.2, 0.25) is 0 Å². The maximum Gasteiger partial charge on any atom is 0.254 e. The van der Waals surface area contributed by atoms with E-state index in [0.29, 0.717) is 5.56 Å². The van der Waals surface area contributed by atoms with Gasteiger partial charge in [-0.05, 0) is 36.8 Å². The zero-order valence-electron chi connectivity index (χ0n) is 11.1. The van der Waals surface area contributed by atoms with Crippen LogP contribution in [0.5, 0.6) is 0 Å². The van der Waals surface area contributed by atoms with Gasteiger partial charge in [-0.1, -0.05) is 11.8 Å². The van der Waals surface area contributed by atoms with Crippen LogP contribution in [-0.4, -0.2) is 30.0 Å². The number of carbonyl (C=O) groups excluding carboxylic acids is 1. The lowest BCUT2D eigenvalue weighted by molar-refractivity contribution is 0.0934. The Morgan fingerprint density at radius 1 is 1.55 bits per heavy atom. The molecule has 1 aliphatic rings. The first-order valence-corrected chi connectivity index (χ1v) is 7.73. The average Bonchev–Trinajstić information content (AvgIpc) is 2.47. The summed E-state index contributed by atoms with van der Waals surface area (Å²) in [6.07, 6.45) is 2.03. The van der Waals surface area contributed by atoms with Crippen molar-refractivity contribution in [2.75, 3.05) is 18.1 Å². The molecule has 1 heterocycles. The lowest BCUT2D eigenvalue weighted by Crippen LogP contribution is -2.38. The second-order valence-corrected chi connectivity index (χ2v) is 5.74. The molecule has 0 radical (unpaired) electrons. The van der Waals surface area contributed by atoms with E-state index in [1.807, 2.05) is 11.8 Å². The summed E-state index contributed by atoms with van der Waals surface area (Å²) in [5.41, 5.74) is 5.94. The second kappa shape index (κ2) is 7.32. The molecule has 1 aliphatic heterocycles. The lowest BCUT2D eigenvalue weighted by Gasteiger charge is -2.22. The van der Waals surface area contributed by atoms with Crippen LogP contribution in [0.4, 0.5) is 4.39 Å². The molecular formula is C15H17FN2OS. The molecule has 1 saturated heterocycles. The van der Waals surface area contributed by atoms with E-state index in [0.717, 1.165) is 24.3 Å². The van der Waals surface area contributed by atoms with E-state index < -0.39 is 5.82 Å². The van der Waals surface area contributed by atoms with Crippen LogP contribution in [0.25, 0.3) is 0 Å². The Hall–Kier alpha value is -1.51. The fourth-order valence-electron chi connectivity index (χ4n) is 2.05. The molecule has 106 valence electrons. The van der Waals surface area contributed by atoms with Gasteiger partial charge in [-0.25, -0.2) is 4.39 Å². The Balaban J connectivity index is 2.11. The molecule has 0 aromatic heterocycles. The molecule has 1 fully saturated rings. The van der Waals surface area contributed by atoms with Crippen molar-refractivity contribution >= 4 is 17.7 Å². The standard InChI is InChI=1S/C15H17FN2OS/c16-14-6-5-11(3-1-7-17)9-13(14)15(19)18-12-4-2-8-20-10-12/h5-6,9,12H,2,4,7-8,10,17H2,(H,18,19). The summed E-state index contributed by atoms with van der Waals surface area (Å²) < 4.78 is 13.8. The van der Waals surface area contributed by atoms with Gasteiger partial charge in [-0.15, -0.1) is 0 Å². The Kier molecular flexibility index (Phi) is 5.45. The van der Waals surface area contributed by atoms with Gasteiger partial charge in [0.25, 0.3) is 5.91 Å². The van der Waals surface area contributed by atoms with Gasteiger partial charge in [0, 0.05) is 17.4 Å². The summed E-state index contributed by atoms with van der Waals surface area (Å²) in [7, 11) is 0. The van der Waals surface area contributed by atoms with E-state index in [-0.39, 0.29) is 24.1 Å². The first-order chi connectivity index (χ1) is 9.70. The summed E-state index contributed by atoms with van der Waals surface area (Å²) in [6, 6.07) is 4.42. The van der Waals surface area contributed by atoms with Crippen LogP contribution in [0.2, 0.25) is 0 Å². The summed E-state index contributed by atoms with van der Waals surface area (Å²) in [5.74, 6) is 6.62. The Morgan fingerprint density at radius 3 is 3.10 bits per heavy atom. The van der Waals surface area contributed by atoms with E-state index in [4.69, 9.17) is 5.73 Å². The monoisotopic (exact) mass is 292 g/mol. The zero-order chi connectivity index (χ0) is 14.4. The molecule has 1 aromatic rings. The van der Waals surface area contributed by atoms with E-state index in [1.54, 1.807) is 6.07 Å². The van der Waals surface area contributed by atoms with Crippen molar-refractivity contribution < 1.29 is 9.18 Å². The first-order valence-electron chi connectivity index (χ1n) is 6.58. The van der Waals surface area contributed by atoms with Crippen LogP contribution < -0.4 is 11.1 Å². The zero-order valence-corrected chi connectivity index (χ0v) is 11.9. The molecule has 0 bridgehead atoms. The normalized spacial score (nSPS) is 18.0.